The molecule has 24 heavy (non-hydrogen) atoms. The summed E-state index contributed by atoms with van der Waals surface area (Å²) < 4.78 is 1.86. The lowest BCUT2D eigenvalue weighted by molar-refractivity contribution is -0.130. The number of thioether (sulfide) groups is 1. The molecule has 0 N–H and O–H groups in total. The van der Waals surface area contributed by atoms with Gasteiger partial charge in [-0.25, -0.2) is 0 Å². The first-order valence-corrected chi connectivity index (χ1v) is 9.48. The fraction of sp³-hybridized carbons (Fsp3) is 0.471. The predicted molar refractivity (Wildman–Crippen MR) is 96.8 cm³/mol. The minimum atomic E-state index is 0.169. The highest BCUT2D eigenvalue weighted by Crippen LogP contribution is 2.24. The van der Waals surface area contributed by atoms with Crippen LogP contribution in [0.3, 0.4) is 0 Å². The summed E-state index contributed by atoms with van der Waals surface area (Å²) in [7, 11) is 0. The van der Waals surface area contributed by atoms with E-state index >= 15 is 0 Å². The SMILES string of the molecule is Cc1ccc(-n2cnnc2SCC(=O)N2CCC[C@H](C)C2)cc1Cl. The molecule has 5 nitrogen and oxygen atoms in total. The Morgan fingerprint density at radius 3 is 3.04 bits per heavy atom. The van der Waals surface area contributed by atoms with Gasteiger partial charge in [-0.1, -0.05) is 36.4 Å². The first kappa shape index (κ1) is 17.3. The Morgan fingerprint density at radius 2 is 2.29 bits per heavy atom. The number of hydrogen-bond acceptors (Lipinski definition) is 4. The minimum Gasteiger partial charge on any atom is -0.342 e. The van der Waals surface area contributed by atoms with Gasteiger partial charge in [0.05, 0.1) is 11.4 Å². The zero-order valence-electron chi connectivity index (χ0n) is 13.9. The standard InChI is InChI=1S/C17H21ClN4OS/c1-12-4-3-7-21(9-12)16(23)10-24-17-20-19-11-22(17)14-6-5-13(2)15(18)8-14/h5-6,8,11-12H,3-4,7,9-10H2,1-2H3/t12-/m0/s1. The largest absolute Gasteiger partial charge is 0.342 e. The van der Waals surface area contributed by atoms with E-state index < -0.39 is 0 Å². The van der Waals surface area contributed by atoms with Crippen molar-refractivity contribution >= 4 is 29.3 Å². The average molecular weight is 365 g/mol. The third kappa shape index (κ3) is 3.92. The molecule has 0 saturated carbocycles. The second-order valence-electron chi connectivity index (χ2n) is 6.29. The number of carbonyl (C=O) groups excluding carboxylic acids is 1. The molecule has 2 aromatic rings. The molecule has 128 valence electrons. The number of amides is 1. The highest BCUT2D eigenvalue weighted by Gasteiger charge is 2.21. The number of piperidine rings is 1. The van der Waals surface area contributed by atoms with Crippen LogP contribution in [0.25, 0.3) is 5.69 Å². The Kier molecular flexibility index (Phi) is 5.46. The molecule has 0 radical (unpaired) electrons. The van der Waals surface area contributed by atoms with Crippen LogP contribution in [0, 0.1) is 12.8 Å². The van der Waals surface area contributed by atoms with Gasteiger partial charge in [-0.2, -0.15) is 0 Å². The quantitative estimate of drug-likeness (QED) is 0.778. The topological polar surface area (TPSA) is 51.0 Å². The van der Waals surface area contributed by atoms with Gasteiger partial charge in [0.1, 0.15) is 6.33 Å². The van der Waals surface area contributed by atoms with Crippen LogP contribution in [-0.4, -0.2) is 44.4 Å². The van der Waals surface area contributed by atoms with E-state index in [0.717, 1.165) is 30.8 Å². The van der Waals surface area contributed by atoms with Crippen LogP contribution in [0.4, 0.5) is 0 Å². The van der Waals surface area contributed by atoms with E-state index in [1.807, 2.05) is 34.6 Å². The molecule has 2 heterocycles. The number of benzene rings is 1. The molecule has 0 unspecified atom stereocenters. The number of hydrogen-bond donors (Lipinski definition) is 0. The second-order valence-corrected chi connectivity index (χ2v) is 7.64. The number of carbonyl (C=O) groups is 1. The molecule has 1 aliphatic heterocycles. The van der Waals surface area contributed by atoms with Crippen LogP contribution in [0.5, 0.6) is 0 Å². The van der Waals surface area contributed by atoms with E-state index in [9.17, 15) is 4.79 Å². The monoisotopic (exact) mass is 364 g/mol. The molecule has 1 aliphatic rings. The maximum Gasteiger partial charge on any atom is 0.233 e. The van der Waals surface area contributed by atoms with Crippen molar-refractivity contribution in [2.24, 2.45) is 5.92 Å². The van der Waals surface area contributed by atoms with E-state index in [-0.39, 0.29) is 5.91 Å². The summed E-state index contributed by atoms with van der Waals surface area (Å²) in [6.07, 6.45) is 3.95. The fourth-order valence-corrected chi connectivity index (χ4v) is 3.87. The summed E-state index contributed by atoms with van der Waals surface area (Å²) in [5.74, 6) is 1.14. The number of aromatic nitrogens is 3. The van der Waals surface area contributed by atoms with Crippen molar-refractivity contribution in [1.82, 2.24) is 19.7 Å². The van der Waals surface area contributed by atoms with Crippen LogP contribution in [0.2, 0.25) is 5.02 Å². The van der Waals surface area contributed by atoms with E-state index in [2.05, 4.69) is 17.1 Å². The van der Waals surface area contributed by atoms with E-state index in [1.54, 1.807) is 6.33 Å². The zero-order chi connectivity index (χ0) is 17.1. The van der Waals surface area contributed by atoms with Gasteiger partial charge in [-0.15, -0.1) is 10.2 Å². The van der Waals surface area contributed by atoms with Gasteiger partial charge in [0, 0.05) is 18.1 Å². The molecule has 1 aromatic heterocycles. The third-order valence-electron chi connectivity index (χ3n) is 4.28. The summed E-state index contributed by atoms with van der Waals surface area (Å²) in [6, 6.07) is 5.83. The van der Waals surface area contributed by atoms with Gasteiger partial charge in [-0.3, -0.25) is 9.36 Å². The first-order valence-electron chi connectivity index (χ1n) is 8.11. The van der Waals surface area contributed by atoms with Gasteiger partial charge in [-0.05, 0) is 43.4 Å². The Hall–Kier alpha value is -1.53. The van der Waals surface area contributed by atoms with Crippen LogP contribution < -0.4 is 0 Å². The summed E-state index contributed by atoms with van der Waals surface area (Å²) >= 11 is 7.62. The van der Waals surface area contributed by atoms with Crippen molar-refractivity contribution in [3.63, 3.8) is 0 Å². The number of halogens is 1. The first-order chi connectivity index (χ1) is 11.5. The molecule has 7 heteroatoms. The Bertz CT molecular complexity index is 733. The van der Waals surface area contributed by atoms with Gasteiger partial charge in [0.2, 0.25) is 5.91 Å². The van der Waals surface area contributed by atoms with Crippen LogP contribution in [0.15, 0.2) is 29.7 Å². The van der Waals surface area contributed by atoms with E-state index in [0.29, 0.717) is 21.8 Å². The molecule has 1 amide bonds. The lowest BCUT2D eigenvalue weighted by atomic mass is 10.0. The number of likely N-dealkylation sites (tertiary alicyclic amines) is 1. The summed E-state index contributed by atoms with van der Waals surface area (Å²) in [5.41, 5.74) is 1.93. The zero-order valence-corrected chi connectivity index (χ0v) is 15.5. The van der Waals surface area contributed by atoms with Crippen LogP contribution >= 0.6 is 23.4 Å². The van der Waals surface area contributed by atoms with Crippen molar-refractivity contribution in [2.45, 2.75) is 31.8 Å². The van der Waals surface area contributed by atoms with Crippen LogP contribution in [-0.2, 0) is 4.79 Å². The van der Waals surface area contributed by atoms with Crippen LogP contribution in [0.1, 0.15) is 25.3 Å². The van der Waals surface area contributed by atoms with Crippen molar-refractivity contribution in [2.75, 3.05) is 18.8 Å². The molecule has 3 rings (SSSR count). The number of aryl methyl sites for hydroxylation is 1. The minimum absolute atomic E-state index is 0.169. The summed E-state index contributed by atoms with van der Waals surface area (Å²) in [5, 5.41) is 9.52. The van der Waals surface area contributed by atoms with Gasteiger partial charge >= 0.3 is 0 Å². The number of rotatable bonds is 4. The maximum absolute atomic E-state index is 12.4. The molecular weight excluding hydrogens is 344 g/mol. The summed E-state index contributed by atoms with van der Waals surface area (Å²) in [6.45, 7) is 5.89. The predicted octanol–water partition coefficient (Wildman–Crippen LogP) is 3.58. The van der Waals surface area contributed by atoms with Gasteiger partial charge in [0.15, 0.2) is 5.16 Å². The maximum atomic E-state index is 12.4. The molecule has 1 aromatic carbocycles. The lowest BCUT2D eigenvalue weighted by Gasteiger charge is -2.30. The molecule has 1 saturated heterocycles. The molecular formula is C17H21ClN4OS. The summed E-state index contributed by atoms with van der Waals surface area (Å²) in [4.78, 5) is 14.4. The molecule has 1 atom stereocenters. The number of nitrogens with zero attached hydrogens (tertiary/aromatic N) is 4. The Labute approximate surface area is 151 Å². The second kappa shape index (κ2) is 7.57. The highest BCUT2D eigenvalue weighted by molar-refractivity contribution is 7.99. The molecule has 0 aliphatic carbocycles. The molecule has 0 spiro atoms. The normalized spacial score (nSPS) is 18.0. The Balaban J connectivity index is 1.67. The van der Waals surface area contributed by atoms with Gasteiger partial charge < -0.3 is 4.90 Å². The lowest BCUT2D eigenvalue weighted by Crippen LogP contribution is -2.40. The fourth-order valence-electron chi connectivity index (χ4n) is 2.87. The smallest absolute Gasteiger partial charge is 0.233 e. The van der Waals surface area contributed by atoms with Crippen molar-refractivity contribution in [1.29, 1.82) is 0 Å². The molecule has 1 fully saturated rings. The van der Waals surface area contributed by atoms with E-state index in [4.69, 9.17) is 11.6 Å². The van der Waals surface area contributed by atoms with Crippen molar-refractivity contribution in [3.8, 4) is 5.69 Å². The van der Waals surface area contributed by atoms with Gasteiger partial charge in [0.25, 0.3) is 0 Å². The highest BCUT2D eigenvalue weighted by atomic mass is 35.5. The third-order valence-corrected chi connectivity index (χ3v) is 5.62. The Morgan fingerprint density at radius 1 is 1.46 bits per heavy atom. The van der Waals surface area contributed by atoms with E-state index in [1.165, 1.54) is 18.2 Å². The average Bonchev–Trinajstić information content (AvgIpc) is 3.03. The van der Waals surface area contributed by atoms with Crippen molar-refractivity contribution in [3.05, 3.63) is 35.1 Å². The van der Waals surface area contributed by atoms with Crippen molar-refractivity contribution < 1.29 is 4.79 Å². The molecule has 0 bridgehead atoms.